The van der Waals surface area contributed by atoms with E-state index in [1.807, 2.05) is 38.1 Å². The Bertz CT molecular complexity index is 489. The summed E-state index contributed by atoms with van der Waals surface area (Å²) in [6.07, 6.45) is 5.22. The summed E-state index contributed by atoms with van der Waals surface area (Å²) in [5.41, 5.74) is 0.672. The van der Waals surface area contributed by atoms with Gasteiger partial charge < -0.3 is 14.2 Å². The predicted molar refractivity (Wildman–Crippen MR) is 77.1 cm³/mol. The number of rotatable bonds is 4. The predicted octanol–water partition coefficient (Wildman–Crippen LogP) is 4.06. The molecule has 19 heavy (non-hydrogen) atoms. The van der Waals surface area contributed by atoms with Crippen LogP contribution in [0.5, 0.6) is 17.2 Å². The standard InChI is InChI=1S/C16H22O3/c1-6-11(2)18-12-9-14(17-5)13-7-8-16(3,4)19-15(13)10-12/h7-11H,6H2,1-5H3. The third kappa shape index (κ3) is 3.03. The summed E-state index contributed by atoms with van der Waals surface area (Å²) in [5, 5.41) is 0. The lowest BCUT2D eigenvalue weighted by atomic mass is 10.0. The molecular formula is C16H22O3. The summed E-state index contributed by atoms with van der Waals surface area (Å²) >= 11 is 0. The number of methoxy groups -OCH3 is 1. The first kappa shape index (κ1) is 13.8. The van der Waals surface area contributed by atoms with Gasteiger partial charge in [0, 0.05) is 12.1 Å². The van der Waals surface area contributed by atoms with Crippen LogP contribution in [0.15, 0.2) is 18.2 Å². The molecule has 0 radical (unpaired) electrons. The summed E-state index contributed by atoms with van der Waals surface area (Å²) in [6, 6.07) is 3.85. The number of hydrogen-bond donors (Lipinski definition) is 0. The minimum Gasteiger partial charge on any atom is -0.496 e. The first-order chi connectivity index (χ1) is 8.95. The van der Waals surface area contributed by atoms with Gasteiger partial charge in [0.2, 0.25) is 0 Å². The van der Waals surface area contributed by atoms with Crippen LogP contribution in [0.3, 0.4) is 0 Å². The summed E-state index contributed by atoms with van der Waals surface area (Å²) < 4.78 is 17.3. The number of benzene rings is 1. The van der Waals surface area contributed by atoms with Gasteiger partial charge in [-0.05, 0) is 39.3 Å². The molecule has 1 atom stereocenters. The van der Waals surface area contributed by atoms with Crippen molar-refractivity contribution in [3.8, 4) is 17.2 Å². The number of ether oxygens (including phenoxy) is 3. The lowest BCUT2D eigenvalue weighted by Gasteiger charge is -2.29. The second-order valence-corrected chi connectivity index (χ2v) is 5.41. The fourth-order valence-electron chi connectivity index (χ4n) is 1.98. The third-order valence-electron chi connectivity index (χ3n) is 3.23. The smallest absolute Gasteiger partial charge is 0.135 e. The summed E-state index contributed by atoms with van der Waals surface area (Å²) in [4.78, 5) is 0. The molecule has 0 bridgehead atoms. The van der Waals surface area contributed by atoms with E-state index in [9.17, 15) is 0 Å². The maximum atomic E-state index is 5.97. The lowest BCUT2D eigenvalue weighted by molar-refractivity contribution is 0.156. The molecule has 1 aliphatic rings. The number of hydrogen-bond acceptors (Lipinski definition) is 3. The molecule has 0 saturated heterocycles. The third-order valence-corrected chi connectivity index (χ3v) is 3.23. The van der Waals surface area contributed by atoms with Gasteiger partial charge in [0.05, 0.1) is 18.8 Å². The van der Waals surface area contributed by atoms with E-state index in [1.54, 1.807) is 7.11 Å². The quantitative estimate of drug-likeness (QED) is 0.819. The van der Waals surface area contributed by atoms with Gasteiger partial charge in [-0.1, -0.05) is 6.92 Å². The van der Waals surface area contributed by atoms with Crippen LogP contribution < -0.4 is 14.2 Å². The van der Waals surface area contributed by atoms with E-state index < -0.39 is 0 Å². The van der Waals surface area contributed by atoms with E-state index in [1.165, 1.54) is 0 Å². The first-order valence-corrected chi connectivity index (χ1v) is 6.72. The molecule has 3 heteroatoms. The zero-order valence-electron chi connectivity index (χ0n) is 12.3. The molecule has 1 heterocycles. The highest BCUT2D eigenvalue weighted by Gasteiger charge is 2.24. The minimum atomic E-state index is -0.299. The second-order valence-electron chi connectivity index (χ2n) is 5.41. The highest BCUT2D eigenvalue weighted by atomic mass is 16.5. The van der Waals surface area contributed by atoms with Crippen LogP contribution in [0.25, 0.3) is 6.08 Å². The zero-order chi connectivity index (χ0) is 14.0. The van der Waals surface area contributed by atoms with E-state index in [0.717, 1.165) is 29.2 Å². The van der Waals surface area contributed by atoms with Crippen molar-refractivity contribution in [3.05, 3.63) is 23.8 Å². The molecule has 0 saturated carbocycles. The Labute approximate surface area is 115 Å². The van der Waals surface area contributed by atoms with Crippen LogP contribution in [-0.2, 0) is 0 Å². The van der Waals surface area contributed by atoms with Crippen LogP contribution in [0.2, 0.25) is 0 Å². The normalized spacial score (nSPS) is 17.3. The fraction of sp³-hybridized carbons (Fsp3) is 0.500. The van der Waals surface area contributed by atoms with Crippen LogP contribution in [0.1, 0.15) is 39.7 Å². The van der Waals surface area contributed by atoms with E-state index in [4.69, 9.17) is 14.2 Å². The lowest BCUT2D eigenvalue weighted by Crippen LogP contribution is -2.27. The van der Waals surface area contributed by atoms with Crippen molar-refractivity contribution in [2.24, 2.45) is 0 Å². The minimum absolute atomic E-state index is 0.176. The fourth-order valence-corrected chi connectivity index (χ4v) is 1.98. The molecule has 1 aromatic rings. The highest BCUT2D eigenvalue weighted by molar-refractivity contribution is 5.69. The summed E-state index contributed by atoms with van der Waals surface area (Å²) in [6.45, 7) is 8.21. The van der Waals surface area contributed by atoms with Gasteiger partial charge in [0.15, 0.2) is 0 Å². The van der Waals surface area contributed by atoms with Gasteiger partial charge in [0.1, 0.15) is 22.8 Å². The molecule has 2 rings (SSSR count). The van der Waals surface area contributed by atoms with Crippen molar-refractivity contribution in [1.29, 1.82) is 0 Å². The SMILES string of the molecule is CCC(C)Oc1cc(OC)c2c(c1)OC(C)(C)C=C2. The molecule has 1 aliphatic heterocycles. The van der Waals surface area contributed by atoms with E-state index in [-0.39, 0.29) is 11.7 Å². The second kappa shape index (κ2) is 5.16. The van der Waals surface area contributed by atoms with Gasteiger partial charge in [-0.25, -0.2) is 0 Å². The zero-order valence-corrected chi connectivity index (χ0v) is 12.3. The average Bonchev–Trinajstić information content (AvgIpc) is 2.36. The number of fused-ring (bicyclic) bond motifs is 1. The van der Waals surface area contributed by atoms with Crippen molar-refractivity contribution in [3.63, 3.8) is 0 Å². The van der Waals surface area contributed by atoms with Crippen LogP contribution in [0.4, 0.5) is 0 Å². The molecule has 3 nitrogen and oxygen atoms in total. The van der Waals surface area contributed by atoms with E-state index in [0.29, 0.717) is 0 Å². The Balaban J connectivity index is 2.39. The van der Waals surface area contributed by atoms with Crippen molar-refractivity contribution >= 4 is 6.08 Å². The molecule has 1 unspecified atom stereocenters. The van der Waals surface area contributed by atoms with Crippen LogP contribution in [-0.4, -0.2) is 18.8 Å². The van der Waals surface area contributed by atoms with Crippen molar-refractivity contribution in [2.75, 3.05) is 7.11 Å². The van der Waals surface area contributed by atoms with E-state index in [2.05, 4.69) is 13.8 Å². The maximum absolute atomic E-state index is 5.97. The average molecular weight is 262 g/mol. The Morgan fingerprint density at radius 3 is 2.68 bits per heavy atom. The summed E-state index contributed by atoms with van der Waals surface area (Å²) in [7, 11) is 1.66. The summed E-state index contributed by atoms with van der Waals surface area (Å²) in [5.74, 6) is 2.38. The Hall–Kier alpha value is -1.64. The van der Waals surface area contributed by atoms with Crippen LogP contribution >= 0.6 is 0 Å². The van der Waals surface area contributed by atoms with Crippen molar-refractivity contribution in [2.45, 2.75) is 45.8 Å². The Morgan fingerprint density at radius 2 is 2.05 bits per heavy atom. The molecule has 1 aromatic carbocycles. The molecule has 104 valence electrons. The highest BCUT2D eigenvalue weighted by Crippen LogP contribution is 2.40. The largest absolute Gasteiger partial charge is 0.496 e. The monoisotopic (exact) mass is 262 g/mol. The molecule has 0 spiro atoms. The van der Waals surface area contributed by atoms with Gasteiger partial charge in [-0.15, -0.1) is 0 Å². The molecule has 0 amide bonds. The van der Waals surface area contributed by atoms with Gasteiger partial charge >= 0.3 is 0 Å². The van der Waals surface area contributed by atoms with Crippen molar-refractivity contribution < 1.29 is 14.2 Å². The first-order valence-electron chi connectivity index (χ1n) is 6.72. The Morgan fingerprint density at radius 1 is 1.32 bits per heavy atom. The molecular weight excluding hydrogens is 240 g/mol. The van der Waals surface area contributed by atoms with Crippen molar-refractivity contribution in [1.82, 2.24) is 0 Å². The molecule has 0 N–H and O–H groups in total. The molecule has 0 aromatic heterocycles. The maximum Gasteiger partial charge on any atom is 0.135 e. The Kier molecular flexibility index (Phi) is 3.74. The topological polar surface area (TPSA) is 27.7 Å². The van der Waals surface area contributed by atoms with Gasteiger partial charge in [-0.2, -0.15) is 0 Å². The molecule has 0 aliphatic carbocycles. The van der Waals surface area contributed by atoms with Crippen LogP contribution in [0, 0.1) is 0 Å². The van der Waals surface area contributed by atoms with Gasteiger partial charge in [-0.3, -0.25) is 0 Å². The molecule has 0 fully saturated rings. The van der Waals surface area contributed by atoms with Gasteiger partial charge in [0.25, 0.3) is 0 Å². The van der Waals surface area contributed by atoms with E-state index >= 15 is 0 Å².